The first-order valence-electron chi connectivity index (χ1n) is 7.99. The summed E-state index contributed by atoms with van der Waals surface area (Å²) in [6.07, 6.45) is 0.846. The smallest absolute Gasteiger partial charge is 0.182 e. The van der Waals surface area contributed by atoms with E-state index in [1.54, 1.807) is 7.11 Å². The van der Waals surface area contributed by atoms with Crippen LogP contribution in [0.5, 0.6) is 5.75 Å². The maximum atomic E-state index is 13.1. The van der Waals surface area contributed by atoms with Gasteiger partial charge < -0.3 is 4.74 Å². The van der Waals surface area contributed by atoms with Crippen molar-refractivity contribution in [3.05, 3.63) is 65.7 Å². The van der Waals surface area contributed by atoms with Crippen LogP contribution in [0.25, 0.3) is 0 Å². The third-order valence-electron chi connectivity index (χ3n) is 5.09. The maximum Gasteiger partial charge on any atom is 0.182 e. The van der Waals surface area contributed by atoms with E-state index in [-0.39, 0.29) is 5.78 Å². The van der Waals surface area contributed by atoms with Crippen molar-refractivity contribution in [2.45, 2.75) is 24.8 Å². The fourth-order valence-corrected chi connectivity index (χ4v) is 3.50. The first kappa shape index (κ1) is 15.8. The van der Waals surface area contributed by atoms with Crippen LogP contribution in [0.2, 0.25) is 0 Å². The van der Waals surface area contributed by atoms with E-state index in [9.17, 15) is 4.79 Å². The average molecular weight is 309 g/mol. The number of likely N-dealkylation sites (N-methyl/N-ethyl adjacent to an activating group) is 1. The molecule has 1 heterocycles. The Morgan fingerprint density at radius 2 is 1.78 bits per heavy atom. The monoisotopic (exact) mass is 309 g/mol. The van der Waals surface area contributed by atoms with Gasteiger partial charge in [-0.05, 0) is 56.1 Å². The van der Waals surface area contributed by atoms with Gasteiger partial charge in [0, 0.05) is 12.1 Å². The molecule has 0 bridgehead atoms. The van der Waals surface area contributed by atoms with E-state index in [4.69, 9.17) is 4.74 Å². The zero-order valence-corrected chi connectivity index (χ0v) is 14.0. The first-order valence-corrected chi connectivity index (χ1v) is 7.99. The standard InChI is InChI=1S/C20H23NO2/c1-20(19(22)16-9-11-18(23-3)12-10-16)13-17(14-21(20)2)15-7-5-4-6-8-15/h4-12,17H,13-14H2,1-3H3. The minimum absolute atomic E-state index is 0.182. The van der Waals surface area contributed by atoms with E-state index in [2.05, 4.69) is 36.1 Å². The molecule has 0 aromatic heterocycles. The lowest BCUT2D eigenvalue weighted by Crippen LogP contribution is -2.45. The lowest BCUT2D eigenvalue weighted by molar-refractivity contribution is 0.0754. The zero-order valence-electron chi connectivity index (χ0n) is 14.0. The molecule has 1 aliphatic rings. The molecule has 0 saturated carbocycles. The second kappa shape index (κ2) is 6.17. The molecule has 2 aromatic rings. The minimum Gasteiger partial charge on any atom is -0.497 e. The van der Waals surface area contributed by atoms with Gasteiger partial charge in [-0.1, -0.05) is 30.3 Å². The first-order chi connectivity index (χ1) is 11.0. The van der Waals surface area contributed by atoms with Crippen LogP contribution in [0.15, 0.2) is 54.6 Å². The minimum atomic E-state index is -0.463. The SMILES string of the molecule is COc1ccc(C(=O)C2(C)CC(c3ccccc3)CN2C)cc1. The number of rotatable bonds is 4. The summed E-state index contributed by atoms with van der Waals surface area (Å²) in [4.78, 5) is 15.3. The molecule has 1 fully saturated rings. The van der Waals surface area contributed by atoms with Crippen molar-refractivity contribution < 1.29 is 9.53 Å². The number of ether oxygens (including phenoxy) is 1. The molecule has 2 aromatic carbocycles. The number of carbonyl (C=O) groups is 1. The summed E-state index contributed by atoms with van der Waals surface area (Å²) >= 11 is 0. The molecular weight excluding hydrogens is 286 g/mol. The summed E-state index contributed by atoms with van der Waals surface area (Å²) in [7, 11) is 3.68. The van der Waals surface area contributed by atoms with Gasteiger partial charge in [0.15, 0.2) is 5.78 Å². The Labute approximate surface area is 137 Å². The Hall–Kier alpha value is -2.13. The van der Waals surface area contributed by atoms with Crippen molar-refractivity contribution in [3.8, 4) is 5.75 Å². The molecule has 3 nitrogen and oxygen atoms in total. The average Bonchev–Trinajstić information content (AvgIpc) is 2.91. The number of carbonyl (C=O) groups excluding carboxylic acids is 1. The van der Waals surface area contributed by atoms with Crippen molar-refractivity contribution in [2.75, 3.05) is 20.7 Å². The molecule has 2 unspecified atom stereocenters. The van der Waals surface area contributed by atoms with Crippen LogP contribution in [0.3, 0.4) is 0 Å². The van der Waals surface area contributed by atoms with Crippen LogP contribution in [0.4, 0.5) is 0 Å². The van der Waals surface area contributed by atoms with Crippen molar-refractivity contribution in [1.29, 1.82) is 0 Å². The molecule has 3 rings (SSSR count). The topological polar surface area (TPSA) is 29.5 Å². The van der Waals surface area contributed by atoms with Crippen molar-refractivity contribution in [3.63, 3.8) is 0 Å². The number of benzene rings is 2. The van der Waals surface area contributed by atoms with Gasteiger partial charge in [-0.3, -0.25) is 9.69 Å². The highest BCUT2D eigenvalue weighted by atomic mass is 16.5. The number of Topliss-reactive ketones (excluding diaryl/α,β-unsaturated/α-hetero) is 1. The lowest BCUT2D eigenvalue weighted by atomic mass is 9.84. The summed E-state index contributed by atoms with van der Waals surface area (Å²) < 4.78 is 5.17. The van der Waals surface area contributed by atoms with Crippen LogP contribution in [0, 0.1) is 0 Å². The van der Waals surface area contributed by atoms with Gasteiger partial charge in [0.2, 0.25) is 0 Å². The molecule has 0 N–H and O–H groups in total. The Balaban J connectivity index is 1.84. The Morgan fingerprint density at radius 3 is 2.39 bits per heavy atom. The van der Waals surface area contributed by atoms with E-state index < -0.39 is 5.54 Å². The Kier molecular flexibility index (Phi) is 4.22. The molecule has 0 aliphatic carbocycles. The van der Waals surface area contributed by atoms with Crippen LogP contribution in [-0.2, 0) is 0 Å². The highest BCUT2D eigenvalue weighted by Gasteiger charge is 2.45. The number of hydrogen-bond donors (Lipinski definition) is 0. The van der Waals surface area contributed by atoms with E-state index in [0.717, 1.165) is 24.3 Å². The third-order valence-corrected chi connectivity index (χ3v) is 5.09. The summed E-state index contributed by atoms with van der Waals surface area (Å²) in [5.74, 6) is 1.35. The van der Waals surface area contributed by atoms with Crippen molar-refractivity contribution in [2.24, 2.45) is 0 Å². The van der Waals surface area contributed by atoms with E-state index in [1.165, 1.54) is 5.56 Å². The predicted octanol–water partition coefficient (Wildman–Crippen LogP) is 3.76. The summed E-state index contributed by atoms with van der Waals surface area (Å²) in [5, 5.41) is 0. The second-order valence-electron chi connectivity index (χ2n) is 6.52. The van der Waals surface area contributed by atoms with Gasteiger partial charge >= 0.3 is 0 Å². The molecule has 23 heavy (non-hydrogen) atoms. The van der Waals surface area contributed by atoms with Crippen LogP contribution >= 0.6 is 0 Å². The van der Waals surface area contributed by atoms with Crippen LogP contribution in [-0.4, -0.2) is 36.9 Å². The van der Waals surface area contributed by atoms with E-state index >= 15 is 0 Å². The molecule has 0 radical (unpaired) electrons. The highest BCUT2D eigenvalue weighted by Crippen LogP contribution is 2.39. The Bertz CT molecular complexity index is 681. The van der Waals surface area contributed by atoms with Crippen molar-refractivity contribution >= 4 is 5.78 Å². The van der Waals surface area contributed by atoms with E-state index in [1.807, 2.05) is 37.4 Å². The molecule has 2 atom stereocenters. The third kappa shape index (κ3) is 2.89. The quantitative estimate of drug-likeness (QED) is 0.806. The molecule has 3 heteroatoms. The number of nitrogens with zero attached hydrogens (tertiary/aromatic N) is 1. The summed E-state index contributed by atoms with van der Waals surface area (Å²) in [6.45, 7) is 2.96. The number of hydrogen-bond acceptors (Lipinski definition) is 3. The lowest BCUT2D eigenvalue weighted by Gasteiger charge is -2.30. The zero-order chi connectivity index (χ0) is 16.4. The second-order valence-corrected chi connectivity index (χ2v) is 6.52. The van der Waals surface area contributed by atoms with Gasteiger partial charge in [-0.2, -0.15) is 0 Å². The largest absolute Gasteiger partial charge is 0.497 e. The fraction of sp³-hybridized carbons (Fsp3) is 0.350. The van der Waals surface area contributed by atoms with Gasteiger partial charge in [0.1, 0.15) is 5.75 Å². The number of methoxy groups -OCH3 is 1. The summed E-state index contributed by atoms with van der Waals surface area (Å²) in [5.41, 5.74) is 1.59. The van der Waals surface area contributed by atoms with Gasteiger partial charge in [-0.25, -0.2) is 0 Å². The number of ketones is 1. The van der Waals surface area contributed by atoms with Gasteiger partial charge in [0.05, 0.1) is 12.6 Å². The van der Waals surface area contributed by atoms with Crippen LogP contribution in [0.1, 0.15) is 35.2 Å². The highest BCUT2D eigenvalue weighted by molar-refractivity contribution is 6.03. The normalized spacial score (nSPS) is 24.6. The number of likely N-dealkylation sites (tertiary alicyclic amines) is 1. The molecular formula is C20H23NO2. The van der Waals surface area contributed by atoms with E-state index in [0.29, 0.717) is 5.92 Å². The van der Waals surface area contributed by atoms with Gasteiger partial charge in [-0.15, -0.1) is 0 Å². The van der Waals surface area contributed by atoms with Crippen LogP contribution < -0.4 is 4.74 Å². The fourth-order valence-electron chi connectivity index (χ4n) is 3.50. The van der Waals surface area contributed by atoms with Crippen molar-refractivity contribution in [1.82, 2.24) is 4.90 Å². The molecule has 1 aliphatic heterocycles. The summed E-state index contributed by atoms with van der Waals surface area (Å²) in [6, 6.07) is 17.9. The Morgan fingerprint density at radius 1 is 1.13 bits per heavy atom. The van der Waals surface area contributed by atoms with Gasteiger partial charge in [0.25, 0.3) is 0 Å². The molecule has 0 amide bonds. The molecule has 1 saturated heterocycles. The molecule has 0 spiro atoms. The maximum absolute atomic E-state index is 13.1. The molecule has 120 valence electrons. The predicted molar refractivity (Wildman–Crippen MR) is 92.2 cm³/mol.